The Hall–Kier alpha value is -3.17. The smallest absolute Gasteiger partial charge is 0.326 e. The molecule has 0 saturated carbocycles. The first-order valence-corrected chi connectivity index (χ1v) is 14.1. The highest BCUT2D eigenvalue weighted by molar-refractivity contribution is 5.83. The normalized spacial score (nSPS) is 16.5. The molecule has 212 valence electrons. The van der Waals surface area contributed by atoms with E-state index in [1.54, 1.807) is 0 Å². The number of benzene rings is 1. The zero-order valence-corrected chi connectivity index (χ0v) is 23.0. The molecule has 1 unspecified atom stereocenters. The summed E-state index contributed by atoms with van der Waals surface area (Å²) in [5, 5.41) is 15.9. The third-order valence-electron chi connectivity index (χ3n) is 7.38. The number of anilines is 1. The van der Waals surface area contributed by atoms with Gasteiger partial charge >= 0.3 is 5.97 Å². The number of hydrogen-bond acceptors (Lipinski definition) is 7. The predicted octanol–water partition coefficient (Wildman–Crippen LogP) is 3.53. The lowest BCUT2D eigenvalue weighted by atomic mass is 9.84. The van der Waals surface area contributed by atoms with Crippen LogP contribution < -0.4 is 15.4 Å². The number of carboxylic acid groups (broad SMARTS) is 1. The third kappa shape index (κ3) is 9.21. The van der Waals surface area contributed by atoms with Crippen LogP contribution in [-0.4, -0.2) is 78.9 Å². The molecule has 4 rings (SSSR count). The van der Waals surface area contributed by atoms with Crippen LogP contribution in [0.15, 0.2) is 42.5 Å². The van der Waals surface area contributed by atoms with Gasteiger partial charge in [-0.05, 0) is 68.8 Å². The Bertz CT molecular complexity index is 1080. The third-order valence-corrected chi connectivity index (χ3v) is 7.38. The second kappa shape index (κ2) is 14.3. The van der Waals surface area contributed by atoms with Crippen LogP contribution in [-0.2, 0) is 27.2 Å². The molecule has 1 amide bonds. The van der Waals surface area contributed by atoms with Gasteiger partial charge in [0.2, 0.25) is 5.91 Å². The van der Waals surface area contributed by atoms with Crippen molar-refractivity contribution in [1.29, 1.82) is 0 Å². The summed E-state index contributed by atoms with van der Waals surface area (Å²) >= 11 is 0. The summed E-state index contributed by atoms with van der Waals surface area (Å²) < 4.78 is 11.1. The number of ether oxygens (including phenoxy) is 2. The highest BCUT2D eigenvalue weighted by Gasteiger charge is 2.36. The van der Waals surface area contributed by atoms with Crippen LogP contribution in [0.1, 0.15) is 50.3 Å². The van der Waals surface area contributed by atoms with Gasteiger partial charge < -0.3 is 25.2 Å². The standard InChI is InChI=1S/C30H42N4O5/c1-30(21-38-22-30)20-27(35)33-26(29(36)37)14-17-34(18-19-39-25-10-3-2-4-11-25)16-6-5-9-24-13-12-23-8-7-15-31-28(23)32-24/h2-4,10-13,26H,5-9,14-22H2,1H3,(H,31,32)(H,33,35)(H,36,37). The maximum absolute atomic E-state index is 12.5. The number of carbonyl (C=O) groups excluding carboxylic acids is 1. The van der Waals surface area contributed by atoms with Crippen molar-refractivity contribution in [1.82, 2.24) is 15.2 Å². The fraction of sp³-hybridized carbons (Fsp3) is 0.567. The molecule has 0 bridgehead atoms. The molecule has 1 atom stereocenters. The summed E-state index contributed by atoms with van der Waals surface area (Å²) in [6.45, 7) is 6.57. The lowest BCUT2D eigenvalue weighted by molar-refractivity contribution is -0.146. The molecule has 2 aliphatic rings. The van der Waals surface area contributed by atoms with E-state index in [9.17, 15) is 14.7 Å². The summed E-state index contributed by atoms with van der Waals surface area (Å²) in [6.07, 6.45) is 5.69. The van der Waals surface area contributed by atoms with Gasteiger partial charge in [-0.2, -0.15) is 0 Å². The minimum atomic E-state index is -1.01. The minimum absolute atomic E-state index is 0.197. The Morgan fingerprint density at radius 3 is 2.72 bits per heavy atom. The fourth-order valence-electron chi connectivity index (χ4n) is 5.05. The Kier molecular flexibility index (Phi) is 10.6. The van der Waals surface area contributed by atoms with Gasteiger partial charge in [-0.1, -0.05) is 31.2 Å². The van der Waals surface area contributed by atoms with E-state index in [0.29, 0.717) is 39.3 Å². The van der Waals surface area contributed by atoms with Crippen LogP contribution in [0, 0.1) is 5.41 Å². The maximum Gasteiger partial charge on any atom is 0.326 e. The number of aromatic nitrogens is 1. The zero-order chi connectivity index (χ0) is 27.5. The molecule has 0 aliphatic carbocycles. The number of amides is 1. The van der Waals surface area contributed by atoms with Gasteiger partial charge in [0.15, 0.2) is 0 Å². The minimum Gasteiger partial charge on any atom is -0.492 e. The second-order valence-corrected chi connectivity index (χ2v) is 11.0. The van der Waals surface area contributed by atoms with Crippen molar-refractivity contribution in [2.75, 3.05) is 51.3 Å². The summed E-state index contributed by atoms with van der Waals surface area (Å²) in [5.74, 6) is 0.595. The van der Waals surface area contributed by atoms with Crippen molar-refractivity contribution < 1.29 is 24.2 Å². The second-order valence-electron chi connectivity index (χ2n) is 11.0. The number of unbranched alkanes of at least 4 members (excludes halogenated alkanes) is 1. The Morgan fingerprint density at radius 1 is 1.15 bits per heavy atom. The number of nitrogens with zero attached hydrogens (tertiary/aromatic N) is 2. The van der Waals surface area contributed by atoms with E-state index in [1.165, 1.54) is 5.56 Å². The molecule has 3 N–H and O–H groups in total. The molecular formula is C30H42N4O5. The molecule has 1 saturated heterocycles. The van der Waals surface area contributed by atoms with Crippen LogP contribution in [0.5, 0.6) is 5.75 Å². The average Bonchev–Trinajstić information content (AvgIpc) is 2.92. The molecule has 3 heterocycles. The first-order valence-electron chi connectivity index (χ1n) is 14.1. The number of fused-ring (bicyclic) bond motifs is 1. The summed E-state index contributed by atoms with van der Waals surface area (Å²) in [4.78, 5) is 31.4. The van der Waals surface area contributed by atoms with Gasteiger partial charge in [-0.3, -0.25) is 9.69 Å². The van der Waals surface area contributed by atoms with Crippen molar-refractivity contribution in [3.05, 3.63) is 53.7 Å². The van der Waals surface area contributed by atoms with Crippen LogP contribution >= 0.6 is 0 Å². The van der Waals surface area contributed by atoms with E-state index in [2.05, 4.69) is 27.7 Å². The fourth-order valence-corrected chi connectivity index (χ4v) is 5.05. The molecule has 9 nitrogen and oxygen atoms in total. The number of pyridine rings is 1. The molecule has 2 aromatic rings. The van der Waals surface area contributed by atoms with Crippen molar-refractivity contribution in [3.63, 3.8) is 0 Å². The Balaban J connectivity index is 1.26. The van der Waals surface area contributed by atoms with E-state index < -0.39 is 12.0 Å². The van der Waals surface area contributed by atoms with Gasteiger partial charge in [0.05, 0.1) is 13.2 Å². The van der Waals surface area contributed by atoms with E-state index >= 15 is 0 Å². The molecule has 1 aromatic heterocycles. The number of aryl methyl sites for hydroxylation is 2. The number of para-hydroxylation sites is 1. The molecule has 39 heavy (non-hydrogen) atoms. The van der Waals surface area contributed by atoms with Gasteiger partial charge in [0.1, 0.15) is 24.2 Å². The van der Waals surface area contributed by atoms with Gasteiger partial charge in [0.25, 0.3) is 0 Å². The first-order chi connectivity index (χ1) is 18.9. The van der Waals surface area contributed by atoms with Crippen LogP contribution in [0.25, 0.3) is 0 Å². The number of aliphatic carboxylic acids is 1. The molecule has 0 spiro atoms. The number of nitrogens with one attached hydrogen (secondary N) is 2. The number of carboxylic acids is 1. The van der Waals surface area contributed by atoms with Crippen molar-refractivity contribution in [2.45, 2.75) is 57.9 Å². The molecule has 1 fully saturated rings. The van der Waals surface area contributed by atoms with Crippen LogP contribution in [0.4, 0.5) is 5.82 Å². The Labute approximate surface area is 231 Å². The van der Waals surface area contributed by atoms with E-state index in [4.69, 9.17) is 14.5 Å². The van der Waals surface area contributed by atoms with Crippen LogP contribution in [0.3, 0.4) is 0 Å². The van der Waals surface area contributed by atoms with Crippen molar-refractivity contribution in [3.8, 4) is 5.75 Å². The first kappa shape index (κ1) is 28.8. The van der Waals surface area contributed by atoms with Gasteiger partial charge in [-0.25, -0.2) is 9.78 Å². The maximum atomic E-state index is 12.5. The largest absolute Gasteiger partial charge is 0.492 e. The lowest BCUT2D eigenvalue weighted by Crippen LogP contribution is -2.48. The highest BCUT2D eigenvalue weighted by Crippen LogP contribution is 2.30. The lowest BCUT2D eigenvalue weighted by Gasteiger charge is -2.37. The summed E-state index contributed by atoms with van der Waals surface area (Å²) in [7, 11) is 0. The molecular weight excluding hydrogens is 496 g/mol. The number of rotatable bonds is 16. The molecule has 0 radical (unpaired) electrons. The molecule has 9 heteroatoms. The Morgan fingerprint density at radius 2 is 1.97 bits per heavy atom. The van der Waals surface area contributed by atoms with E-state index in [1.807, 2.05) is 37.3 Å². The monoisotopic (exact) mass is 538 g/mol. The van der Waals surface area contributed by atoms with Gasteiger partial charge in [0, 0.05) is 37.2 Å². The zero-order valence-electron chi connectivity index (χ0n) is 23.0. The molecule has 2 aliphatic heterocycles. The van der Waals surface area contributed by atoms with E-state index in [0.717, 1.165) is 62.5 Å². The quantitative estimate of drug-likeness (QED) is 0.278. The predicted molar refractivity (Wildman–Crippen MR) is 150 cm³/mol. The average molecular weight is 539 g/mol. The molecule has 1 aromatic carbocycles. The topological polar surface area (TPSA) is 113 Å². The number of carbonyl (C=O) groups is 2. The number of hydrogen-bond donors (Lipinski definition) is 3. The SMILES string of the molecule is CC1(CC(=O)NC(CCN(CCCCc2ccc3c(n2)NCCC3)CCOc2ccccc2)C(=O)O)COC1. The van der Waals surface area contributed by atoms with Crippen molar-refractivity contribution in [2.24, 2.45) is 5.41 Å². The summed E-state index contributed by atoms with van der Waals surface area (Å²) in [6, 6.07) is 13.1. The van der Waals surface area contributed by atoms with Gasteiger partial charge in [-0.15, -0.1) is 0 Å². The van der Waals surface area contributed by atoms with Crippen LogP contribution in [0.2, 0.25) is 0 Å². The highest BCUT2D eigenvalue weighted by atomic mass is 16.5. The van der Waals surface area contributed by atoms with E-state index in [-0.39, 0.29) is 17.7 Å². The summed E-state index contributed by atoms with van der Waals surface area (Å²) in [5.41, 5.74) is 2.20. The van der Waals surface area contributed by atoms with Crippen molar-refractivity contribution >= 4 is 17.7 Å².